The van der Waals surface area contributed by atoms with Crippen molar-refractivity contribution in [2.45, 2.75) is 6.92 Å². The van der Waals surface area contributed by atoms with E-state index >= 15 is 0 Å². The van der Waals surface area contributed by atoms with Gasteiger partial charge in [0.1, 0.15) is 5.75 Å². The predicted octanol–water partition coefficient (Wildman–Crippen LogP) is 1.88. The maximum Gasteiger partial charge on any atom is 0.340 e. The summed E-state index contributed by atoms with van der Waals surface area (Å²) in [6.07, 6.45) is 0. The highest BCUT2D eigenvalue weighted by molar-refractivity contribution is 5.95. The molecule has 0 amide bonds. The Labute approximate surface area is 94.8 Å². The van der Waals surface area contributed by atoms with Gasteiger partial charge in [0, 0.05) is 5.69 Å². The third kappa shape index (κ3) is 3.32. The molecule has 1 aromatic rings. The van der Waals surface area contributed by atoms with Crippen LogP contribution in [0.3, 0.4) is 0 Å². The average Bonchev–Trinajstić information content (AvgIpc) is 2.19. The molecule has 15 heavy (non-hydrogen) atoms. The smallest absolute Gasteiger partial charge is 0.340 e. The van der Waals surface area contributed by atoms with Gasteiger partial charge in [-0.15, -0.1) is 12.4 Å². The van der Waals surface area contributed by atoms with Crippen molar-refractivity contribution in [2.75, 3.05) is 19.5 Å². The number of nitrogen functional groups attached to an aromatic ring is 1. The van der Waals surface area contributed by atoms with E-state index in [1.54, 1.807) is 25.1 Å². The summed E-state index contributed by atoms with van der Waals surface area (Å²) >= 11 is 0. The first-order valence-electron chi connectivity index (χ1n) is 4.29. The third-order valence-electron chi connectivity index (χ3n) is 1.76. The molecule has 84 valence electrons. The van der Waals surface area contributed by atoms with Gasteiger partial charge in [-0.2, -0.15) is 0 Å². The normalized spacial score (nSPS) is 8.93. The second-order valence-electron chi connectivity index (χ2n) is 2.67. The number of carbonyl (C=O) groups is 1. The van der Waals surface area contributed by atoms with Crippen LogP contribution in [0.25, 0.3) is 0 Å². The highest BCUT2D eigenvalue weighted by atomic mass is 35.5. The van der Waals surface area contributed by atoms with Crippen molar-refractivity contribution in [2.24, 2.45) is 0 Å². The molecule has 0 aromatic heterocycles. The lowest BCUT2D eigenvalue weighted by atomic mass is 10.2. The number of halogens is 1. The zero-order chi connectivity index (χ0) is 10.6. The van der Waals surface area contributed by atoms with Gasteiger partial charge < -0.3 is 15.2 Å². The largest absolute Gasteiger partial charge is 0.497 e. The molecule has 2 N–H and O–H groups in total. The number of methoxy groups -OCH3 is 1. The van der Waals surface area contributed by atoms with Gasteiger partial charge >= 0.3 is 5.97 Å². The van der Waals surface area contributed by atoms with Crippen molar-refractivity contribution >= 4 is 24.1 Å². The van der Waals surface area contributed by atoms with E-state index in [1.165, 1.54) is 7.11 Å². The molecule has 0 fully saturated rings. The van der Waals surface area contributed by atoms with E-state index in [0.717, 1.165) is 0 Å². The Morgan fingerprint density at radius 3 is 2.67 bits per heavy atom. The van der Waals surface area contributed by atoms with Crippen LogP contribution in [-0.2, 0) is 4.74 Å². The van der Waals surface area contributed by atoms with Gasteiger partial charge in [-0.1, -0.05) is 0 Å². The number of carbonyl (C=O) groups excluding carboxylic acids is 1. The Hall–Kier alpha value is -1.42. The van der Waals surface area contributed by atoms with Crippen LogP contribution in [0.4, 0.5) is 5.69 Å². The van der Waals surface area contributed by atoms with Crippen molar-refractivity contribution in [1.82, 2.24) is 0 Å². The monoisotopic (exact) mass is 231 g/mol. The zero-order valence-electron chi connectivity index (χ0n) is 8.65. The minimum atomic E-state index is -0.427. The van der Waals surface area contributed by atoms with Gasteiger partial charge in [0.05, 0.1) is 19.3 Å². The first-order chi connectivity index (χ1) is 6.69. The number of hydrogen-bond acceptors (Lipinski definition) is 4. The number of ether oxygens (including phenoxy) is 2. The summed E-state index contributed by atoms with van der Waals surface area (Å²) in [6, 6.07) is 4.87. The molecule has 0 aliphatic rings. The minimum Gasteiger partial charge on any atom is -0.497 e. The zero-order valence-corrected chi connectivity index (χ0v) is 9.47. The molecule has 0 bridgehead atoms. The minimum absolute atomic E-state index is 0. The van der Waals surface area contributed by atoms with Crippen molar-refractivity contribution in [3.05, 3.63) is 23.8 Å². The van der Waals surface area contributed by atoms with Gasteiger partial charge in [0.25, 0.3) is 0 Å². The first-order valence-corrected chi connectivity index (χ1v) is 4.29. The summed E-state index contributed by atoms with van der Waals surface area (Å²) in [5, 5.41) is 0. The highest BCUT2D eigenvalue weighted by Crippen LogP contribution is 2.20. The molecular formula is C10H14ClNO3. The lowest BCUT2D eigenvalue weighted by Gasteiger charge is -2.06. The molecule has 0 heterocycles. The Bertz CT molecular complexity index is 341. The fraction of sp³-hybridized carbons (Fsp3) is 0.300. The van der Waals surface area contributed by atoms with Gasteiger partial charge in [0.2, 0.25) is 0 Å². The molecule has 0 atom stereocenters. The van der Waals surface area contributed by atoms with E-state index in [2.05, 4.69) is 0 Å². The van der Waals surface area contributed by atoms with E-state index in [0.29, 0.717) is 23.6 Å². The van der Waals surface area contributed by atoms with E-state index in [1.807, 2.05) is 0 Å². The Balaban J connectivity index is 0.00000196. The topological polar surface area (TPSA) is 61.5 Å². The van der Waals surface area contributed by atoms with E-state index < -0.39 is 5.97 Å². The molecule has 1 aromatic carbocycles. The lowest BCUT2D eigenvalue weighted by molar-refractivity contribution is 0.0527. The van der Waals surface area contributed by atoms with Crippen LogP contribution in [0, 0.1) is 0 Å². The number of benzene rings is 1. The fourth-order valence-corrected chi connectivity index (χ4v) is 1.05. The lowest BCUT2D eigenvalue weighted by Crippen LogP contribution is -2.08. The summed E-state index contributed by atoms with van der Waals surface area (Å²) in [5.74, 6) is 0.158. The number of hydrogen-bond donors (Lipinski definition) is 1. The van der Waals surface area contributed by atoms with Crippen LogP contribution in [0.1, 0.15) is 17.3 Å². The maximum absolute atomic E-state index is 11.4. The van der Waals surface area contributed by atoms with Crippen LogP contribution in [0.15, 0.2) is 18.2 Å². The summed E-state index contributed by atoms with van der Waals surface area (Å²) in [7, 11) is 1.53. The number of anilines is 1. The SMILES string of the molecule is CCOC(=O)c1cc(OC)ccc1N.Cl. The first kappa shape index (κ1) is 13.6. The van der Waals surface area contributed by atoms with Gasteiger partial charge in [0.15, 0.2) is 0 Å². The molecule has 0 aliphatic carbocycles. The molecule has 0 aliphatic heterocycles. The summed E-state index contributed by atoms with van der Waals surface area (Å²) in [5.41, 5.74) is 6.35. The fourth-order valence-electron chi connectivity index (χ4n) is 1.05. The quantitative estimate of drug-likeness (QED) is 0.637. The summed E-state index contributed by atoms with van der Waals surface area (Å²) in [4.78, 5) is 11.4. The van der Waals surface area contributed by atoms with Crippen LogP contribution < -0.4 is 10.5 Å². The summed E-state index contributed by atoms with van der Waals surface area (Å²) in [6.45, 7) is 2.07. The van der Waals surface area contributed by atoms with Crippen molar-refractivity contribution in [1.29, 1.82) is 0 Å². The number of nitrogens with two attached hydrogens (primary N) is 1. The van der Waals surface area contributed by atoms with E-state index in [-0.39, 0.29) is 12.4 Å². The Morgan fingerprint density at radius 1 is 1.47 bits per heavy atom. The standard InChI is InChI=1S/C10H13NO3.ClH/c1-3-14-10(12)8-6-7(13-2)4-5-9(8)11;/h4-6H,3,11H2,1-2H3;1H. The molecule has 0 saturated carbocycles. The van der Waals surface area contributed by atoms with E-state index in [9.17, 15) is 4.79 Å². The molecule has 0 radical (unpaired) electrons. The number of esters is 1. The second kappa shape index (κ2) is 6.14. The molecule has 0 saturated heterocycles. The van der Waals surface area contributed by atoms with Crippen LogP contribution >= 0.6 is 12.4 Å². The maximum atomic E-state index is 11.4. The third-order valence-corrected chi connectivity index (χ3v) is 1.76. The highest BCUT2D eigenvalue weighted by Gasteiger charge is 2.11. The van der Waals surface area contributed by atoms with Crippen LogP contribution in [0.2, 0.25) is 0 Å². The number of rotatable bonds is 3. The predicted molar refractivity (Wildman–Crippen MR) is 60.6 cm³/mol. The molecule has 0 unspecified atom stereocenters. The Morgan fingerprint density at radius 2 is 2.13 bits per heavy atom. The van der Waals surface area contributed by atoms with Gasteiger partial charge in [-0.25, -0.2) is 4.79 Å². The van der Waals surface area contributed by atoms with E-state index in [4.69, 9.17) is 15.2 Å². The molecule has 5 heteroatoms. The van der Waals surface area contributed by atoms with Crippen molar-refractivity contribution in [3.63, 3.8) is 0 Å². The van der Waals surface area contributed by atoms with Gasteiger partial charge in [-0.05, 0) is 25.1 Å². The van der Waals surface area contributed by atoms with Gasteiger partial charge in [-0.3, -0.25) is 0 Å². The average molecular weight is 232 g/mol. The van der Waals surface area contributed by atoms with Crippen molar-refractivity contribution in [3.8, 4) is 5.75 Å². The van der Waals surface area contributed by atoms with Crippen molar-refractivity contribution < 1.29 is 14.3 Å². The van der Waals surface area contributed by atoms with Crippen LogP contribution in [0.5, 0.6) is 5.75 Å². The molecule has 4 nitrogen and oxygen atoms in total. The molecule has 0 spiro atoms. The van der Waals surface area contributed by atoms with Crippen LogP contribution in [-0.4, -0.2) is 19.7 Å². The molecular weight excluding hydrogens is 218 g/mol. The molecule has 1 rings (SSSR count). The second-order valence-corrected chi connectivity index (χ2v) is 2.67. The summed E-state index contributed by atoms with van der Waals surface area (Å²) < 4.78 is 9.81. The Kier molecular flexibility index (Phi) is 5.56.